The lowest BCUT2D eigenvalue weighted by Crippen LogP contribution is -2.00. The zero-order valence-electron chi connectivity index (χ0n) is 11.2. The van der Waals surface area contributed by atoms with E-state index in [1.807, 2.05) is 26.0 Å². The normalized spacial score (nSPS) is 12.5. The number of hydrogen-bond acceptors (Lipinski definition) is 0. The molecule has 106 valence electrons. The minimum Gasteiger partial charge on any atom is -0.204 e. The largest absolute Gasteiger partial charge is 0.204 e. The van der Waals surface area contributed by atoms with Gasteiger partial charge in [-0.25, -0.2) is 8.78 Å². The lowest BCUT2D eigenvalue weighted by molar-refractivity contribution is 0.507. The standard InChI is InChI=1S/C16H14Cl2F2/c1-9-6-13(17)10(2)5-12(9)14(18)7-11-3-4-15(19)16(20)8-11/h3-6,8,14H,7H2,1-2H3. The van der Waals surface area contributed by atoms with E-state index in [0.29, 0.717) is 17.0 Å². The molecule has 0 N–H and O–H groups in total. The smallest absolute Gasteiger partial charge is 0.159 e. The molecule has 0 nitrogen and oxygen atoms in total. The van der Waals surface area contributed by atoms with Crippen molar-refractivity contribution in [1.82, 2.24) is 0 Å². The molecule has 0 amide bonds. The molecule has 0 radical (unpaired) electrons. The molecule has 1 unspecified atom stereocenters. The Morgan fingerprint density at radius 1 is 1.00 bits per heavy atom. The summed E-state index contributed by atoms with van der Waals surface area (Å²) in [6, 6.07) is 7.66. The minimum atomic E-state index is -0.852. The fourth-order valence-electron chi connectivity index (χ4n) is 2.12. The summed E-state index contributed by atoms with van der Waals surface area (Å²) in [7, 11) is 0. The van der Waals surface area contributed by atoms with Crippen LogP contribution >= 0.6 is 23.2 Å². The third-order valence-corrected chi connectivity index (χ3v) is 4.08. The molecule has 0 bridgehead atoms. The number of aryl methyl sites for hydroxylation is 2. The molecule has 1 atom stereocenters. The summed E-state index contributed by atoms with van der Waals surface area (Å²) in [6.45, 7) is 3.84. The van der Waals surface area contributed by atoms with E-state index in [1.54, 1.807) is 6.07 Å². The highest BCUT2D eigenvalue weighted by Gasteiger charge is 2.14. The van der Waals surface area contributed by atoms with Crippen LogP contribution in [0.3, 0.4) is 0 Å². The van der Waals surface area contributed by atoms with Gasteiger partial charge in [0, 0.05) is 5.02 Å². The van der Waals surface area contributed by atoms with Gasteiger partial charge in [-0.05, 0) is 60.7 Å². The van der Waals surface area contributed by atoms with Crippen LogP contribution in [-0.2, 0) is 6.42 Å². The fourth-order valence-corrected chi connectivity index (χ4v) is 2.76. The first-order chi connectivity index (χ1) is 9.38. The van der Waals surface area contributed by atoms with E-state index < -0.39 is 11.6 Å². The van der Waals surface area contributed by atoms with Gasteiger partial charge in [-0.3, -0.25) is 0 Å². The monoisotopic (exact) mass is 314 g/mol. The number of alkyl halides is 1. The van der Waals surface area contributed by atoms with Crippen molar-refractivity contribution in [2.24, 2.45) is 0 Å². The summed E-state index contributed by atoms with van der Waals surface area (Å²) in [5.74, 6) is -1.70. The summed E-state index contributed by atoms with van der Waals surface area (Å²) in [5.41, 5.74) is 3.56. The Labute approximate surface area is 127 Å². The number of hydrogen-bond donors (Lipinski definition) is 0. The summed E-state index contributed by atoms with van der Waals surface area (Å²) in [4.78, 5) is 0. The molecular weight excluding hydrogens is 301 g/mol. The second-order valence-corrected chi connectivity index (χ2v) is 5.81. The van der Waals surface area contributed by atoms with E-state index in [9.17, 15) is 8.78 Å². The Kier molecular flexibility index (Phi) is 4.66. The first-order valence-corrected chi connectivity index (χ1v) is 7.04. The molecule has 0 saturated carbocycles. The quantitative estimate of drug-likeness (QED) is 0.632. The van der Waals surface area contributed by atoms with Gasteiger partial charge in [0.1, 0.15) is 0 Å². The molecule has 0 heterocycles. The van der Waals surface area contributed by atoms with Crippen LogP contribution in [0.1, 0.15) is 27.6 Å². The maximum atomic E-state index is 13.2. The zero-order valence-corrected chi connectivity index (χ0v) is 12.7. The highest BCUT2D eigenvalue weighted by Crippen LogP contribution is 2.31. The van der Waals surface area contributed by atoms with Crippen molar-refractivity contribution in [2.75, 3.05) is 0 Å². The van der Waals surface area contributed by atoms with Crippen molar-refractivity contribution >= 4 is 23.2 Å². The van der Waals surface area contributed by atoms with E-state index in [1.165, 1.54) is 6.07 Å². The van der Waals surface area contributed by atoms with Crippen molar-refractivity contribution in [3.8, 4) is 0 Å². The number of halogens is 4. The summed E-state index contributed by atoms with van der Waals surface area (Å²) in [5, 5.41) is 0.388. The molecule has 4 heteroatoms. The average molecular weight is 315 g/mol. The second kappa shape index (κ2) is 6.11. The molecule has 2 rings (SSSR count). The van der Waals surface area contributed by atoms with E-state index >= 15 is 0 Å². The van der Waals surface area contributed by atoms with E-state index in [-0.39, 0.29) is 5.38 Å². The van der Waals surface area contributed by atoms with Crippen molar-refractivity contribution in [1.29, 1.82) is 0 Å². The van der Waals surface area contributed by atoms with Gasteiger partial charge in [0.15, 0.2) is 11.6 Å². The molecule has 0 aliphatic rings. The Morgan fingerprint density at radius 3 is 2.35 bits per heavy atom. The van der Waals surface area contributed by atoms with Crippen LogP contribution < -0.4 is 0 Å². The lowest BCUT2D eigenvalue weighted by Gasteiger charge is -2.15. The maximum Gasteiger partial charge on any atom is 0.159 e. The molecular formula is C16H14Cl2F2. The lowest BCUT2D eigenvalue weighted by atomic mass is 9.98. The van der Waals surface area contributed by atoms with Gasteiger partial charge < -0.3 is 0 Å². The van der Waals surface area contributed by atoms with Crippen molar-refractivity contribution in [2.45, 2.75) is 25.6 Å². The second-order valence-electron chi connectivity index (χ2n) is 4.88. The van der Waals surface area contributed by atoms with Crippen LogP contribution in [0.25, 0.3) is 0 Å². The van der Waals surface area contributed by atoms with Crippen LogP contribution in [0.5, 0.6) is 0 Å². The Bertz CT molecular complexity index is 639. The third kappa shape index (κ3) is 3.31. The van der Waals surface area contributed by atoms with E-state index in [2.05, 4.69) is 0 Å². The molecule has 0 saturated heterocycles. The minimum absolute atomic E-state index is 0.309. The molecule has 0 aliphatic carbocycles. The summed E-state index contributed by atoms with van der Waals surface area (Å²) >= 11 is 12.5. The zero-order chi connectivity index (χ0) is 14.9. The Morgan fingerprint density at radius 2 is 1.70 bits per heavy atom. The first kappa shape index (κ1) is 15.3. The van der Waals surface area contributed by atoms with Gasteiger partial charge in [-0.2, -0.15) is 0 Å². The maximum absolute atomic E-state index is 13.2. The molecule has 2 aromatic rings. The molecule has 0 spiro atoms. The molecule has 0 aromatic heterocycles. The van der Waals surface area contributed by atoms with Crippen molar-refractivity contribution < 1.29 is 8.78 Å². The van der Waals surface area contributed by atoms with Crippen LogP contribution in [0, 0.1) is 25.5 Å². The number of benzene rings is 2. The third-order valence-electron chi connectivity index (χ3n) is 3.28. The molecule has 20 heavy (non-hydrogen) atoms. The van der Waals surface area contributed by atoms with Gasteiger partial charge in [0.2, 0.25) is 0 Å². The molecule has 2 aromatic carbocycles. The van der Waals surface area contributed by atoms with Crippen LogP contribution in [-0.4, -0.2) is 0 Å². The summed E-state index contributed by atoms with van der Waals surface area (Å²) < 4.78 is 26.1. The molecule has 0 fully saturated rings. The van der Waals surface area contributed by atoms with Gasteiger partial charge in [-0.15, -0.1) is 11.6 Å². The molecule has 0 aliphatic heterocycles. The Hall–Kier alpha value is -1.12. The predicted molar refractivity (Wildman–Crippen MR) is 79.6 cm³/mol. The predicted octanol–water partition coefficient (Wildman–Crippen LogP) is 5.76. The van der Waals surface area contributed by atoms with Crippen LogP contribution in [0.15, 0.2) is 30.3 Å². The highest BCUT2D eigenvalue weighted by molar-refractivity contribution is 6.31. The topological polar surface area (TPSA) is 0 Å². The van der Waals surface area contributed by atoms with Crippen LogP contribution in [0.2, 0.25) is 5.02 Å². The fraction of sp³-hybridized carbons (Fsp3) is 0.250. The number of rotatable bonds is 3. The van der Waals surface area contributed by atoms with Crippen LogP contribution in [0.4, 0.5) is 8.78 Å². The van der Waals surface area contributed by atoms with Gasteiger partial charge >= 0.3 is 0 Å². The first-order valence-electron chi connectivity index (χ1n) is 6.23. The average Bonchev–Trinajstić information content (AvgIpc) is 2.38. The summed E-state index contributed by atoms with van der Waals surface area (Å²) in [6.07, 6.45) is 0.431. The highest BCUT2D eigenvalue weighted by atomic mass is 35.5. The van der Waals surface area contributed by atoms with Crippen molar-refractivity contribution in [3.63, 3.8) is 0 Å². The van der Waals surface area contributed by atoms with E-state index in [4.69, 9.17) is 23.2 Å². The van der Waals surface area contributed by atoms with E-state index in [0.717, 1.165) is 22.8 Å². The van der Waals surface area contributed by atoms with Gasteiger partial charge in [0.25, 0.3) is 0 Å². The Balaban J connectivity index is 2.25. The SMILES string of the molecule is Cc1cc(C(Cl)Cc2ccc(F)c(F)c2)c(C)cc1Cl. The van der Waals surface area contributed by atoms with Crippen molar-refractivity contribution in [3.05, 3.63) is 69.2 Å². The van der Waals surface area contributed by atoms with Gasteiger partial charge in [0.05, 0.1) is 5.38 Å². The van der Waals surface area contributed by atoms with Gasteiger partial charge in [-0.1, -0.05) is 23.7 Å².